The number of thiocarbonyl (C=S) groups is 1. The van der Waals surface area contributed by atoms with E-state index in [1.54, 1.807) is 12.1 Å². The van der Waals surface area contributed by atoms with E-state index in [9.17, 15) is 9.18 Å². The molecule has 0 saturated carbocycles. The molecule has 98 valence electrons. The van der Waals surface area contributed by atoms with Crippen molar-refractivity contribution >= 4 is 28.8 Å². The average molecular weight is 269 g/mol. The van der Waals surface area contributed by atoms with E-state index in [4.69, 9.17) is 18.0 Å². The van der Waals surface area contributed by atoms with Crippen LogP contribution in [0.15, 0.2) is 18.2 Å². The second kappa shape index (κ2) is 6.90. The summed E-state index contributed by atoms with van der Waals surface area (Å²) in [6, 6.07) is 4.53. The van der Waals surface area contributed by atoms with Crippen LogP contribution in [-0.2, 0) is 4.79 Å². The molecule has 1 aromatic rings. The first-order valence-corrected chi connectivity index (χ1v) is 6.06. The lowest BCUT2D eigenvalue weighted by atomic mass is 10.1. The number of benzene rings is 1. The van der Waals surface area contributed by atoms with Crippen molar-refractivity contribution in [3.8, 4) is 0 Å². The molecule has 0 spiro atoms. The number of amides is 1. The first-order valence-electron chi connectivity index (χ1n) is 5.65. The van der Waals surface area contributed by atoms with Crippen molar-refractivity contribution in [2.75, 3.05) is 18.4 Å². The molecule has 0 fully saturated rings. The van der Waals surface area contributed by atoms with Crippen LogP contribution < -0.4 is 16.4 Å². The molecule has 6 heteroatoms. The van der Waals surface area contributed by atoms with E-state index in [1.807, 2.05) is 6.92 Å². The Morgan fingerprint density at radius 3 is 2.83 bits per heavy atom. The molecule has 0 bridgehead atoms. The molecule has 0 aliphatic carbocycles. The van der Waals surface area contributed by atoms with Crippen LogP contribution in [0.2, 0.25) is 0 Å². The van der Waals surface area contributed by atoms with Gasteiger partial charge in [-0.3, -0.25) is 4.79 Å². The minimum absolute atomic E-state index is 0.00592. The zero-order valence-electron chi connectivity index (χ0n) is 10.1. The minimum Gasteiger partial charge on any atom is -0.389 e. The van der Waals surface area contributed by atoms with Crippen LogP contribution in [-0.4, -0.2) is 24.0 Å². The Balaban J connectivity index is 2.65. The highest BCUT2D eigenvalue weighted by molar-refractivity contribution is 7.80. The number of hydrogen-bond donors (Lipinski definition) is 3. The lowest BCUT2D eigenvalue weighted by Gasteiger charge is -2.11. The van der Waals surface area contributed by atoms with Gasteiger partial charge in [-0.05, 0) is 19.1 Å². The zero-order chi connectivity index (χ0) is 13.5. The molecule has 0 unspecified atom stereocenters. The van der Waals surface area contributed by atoms with Gasteiger partial charge in [-0.25, -0.2) is 4.39 Å². The summed E-state index contributed by atoms with van der Waals surface area (Å²) in [5.41, 5.74) is 6.16. The Morgan fingerprint density at radius 2 is 2.22 bits per heavy atom. The second-order valence-electron chi connectivity index (χ2n) is 3.66. The van der Waals surface area contributed by atoms with E-state index >= 15 is 0 Å². The van der Waals surface area contributed by atoms with Crippen LogP contribution in [0.3, 0.4) is 0 Å². The Hall–Kier alpha value is -1.69. The first kappa shape index (κ1) is 14.4. The number of carbonyl (C=O) groups excluding carboxylic acids is 1. The van der Waals surface area contributed by atoms with Gasteiger partial charge in [0.1, 0.15) is 10.8 Å². The Labute approximate surface area is 111 Å². The van der Waals surface area contributed by atoms with Crippen molar-refractivity contribution in [2.24, 2.45) is 5.73 Å². The number of nitrogens with one attached hydrogen (secondary N) is 2. The fourth-order valence-corrected chi connectivity index (χ4v) is 1.73. The summed E-state index contributed by atoms with van der Waals surface area (Å²) in [7, 11) is 0. The van der Waals surface area contributed by atoms with E-state index in [-0.39, 0.29) is 16.5 Å². The molecular formula is C12H16FN3OS. The fourth-order valence-electron chi connectivity index (χ4n) is 1.52. The topological polar surface area (TPSA) is 67.2 Å². The van der Waals surface area contributed by atoms with Crippen molar-refractivity contribution in [1.82, 2.24) is 5.32 Å². The monoisotopic (exact) mass is 269 g/mol. The van der Waals surface area contributed by atoms with E-state index < -0.39 is 5.82 Å². The molecule has 1 rings (SSSR count). The minimum atomic E-state index is -0.467. The van der Waals surface area contributed by atoms with Crippen molar-refractivity contribution in [1.29, 1.82) is 0 Å². The lowest BCUT2D eigenvalue weighted by Crippen LogP contribution is -2.25. The quantitative estimate of drug-likeness (QED) is 0.683. The second-order valence-corrected chi connectivity index (χ2v) is 4.10. The Bertz CT molecular complexity index is 451. The number of rotatable bonds is 6. The third-order valence-corrected chi connectivity index (χ3v) is 2.51. The van der Waals surface area contributed by atoms with Gasteiger partial charge in [0.2, 0.25) is 5.91 Å². The molecule has 0 aliphatic heterocycles. The maximum atomic E-state index is 13.5. The third kappa shape index (κ3) is 3.96. The Morgan fingerprint density at radius 1 is 1.50 bits per heavy atom. The summed E-state index contributed by atoms with van der Waals surface area (Å²) in [5.74, 6) is -0.524. The predicted molar refractivity (Wildman–Crippen MR) is 74.1 cm³/mol. The highest BCUT2D eigenvalue weighted by Crippen LogP contribution is 2.18. The van der Waals surface area contributed by atoms with E-state index in [1.165, 1.54) is 6.07 Å². The van der Waals surface area contributed by atoms with Gasteiger partial charge in [0.25, 0.3) is 0 Å². The van der Waals surface area contributed by atoms with Crippen LogP contribution in [0.5, 0.6) is 0 Å². The molecular weight excluding hydrogens is 253 g/mol. The van der Waals surface area contributed by atoms with Crippen LogP contribution in [0.4, 0.5) is 10.1 Å². The summed E-state index contributed by atoms with van der Waals surface area (Å²) in [4.78, 5) is 11.2. The highest BCUT2D eigenvalue weighted by atomic mass is 32.1. The molecule has 0 aliphatic rings. The first-order chi connectivity index (χ1) is 8.56. The number of halogens is 1. The number of anilines is 1. The molecule has 0 saturated heterocycles. The van der Waals surface area contributed by atoms with E-state index in [0.29, 0.717) is 25.2 Å². The largest absolute Gasteiger partial charge is 0.389 e. The normalized spacial score (nSPS) is 9.89. The predicted octanol–water partition coefficient (Wildman–Crippen LogP) is 1.40. The van der Waals surface area contributed by atoms with Gasteiger partial charge in [0.15, 0.2) is 0 Å². The smallest absolute Gasteiger partial charge is 0.221 e. The number of carbonyl (C=O) groups is 1. The lowest BCUT2D eigenvalue weighted by molar-refractivity contribution is -0.120. The van der Waals surface area contributed by atoms with Crippen molar-refractivity contribution in [3.63, 3.8) is 0 Å². The summed E-state index contributed by atoms with van der Waals surface area (Å²) >= 11 is 4.80. The van der Waals surface area contributed by atoms with Gasteiger partial charge in [-0.15, -0.1) is 0 Å². The van der Waals surface area contributed by atoms with Gasteiger partial charge >= 0.3 is 0 Å². The average Bonchev–Trinajstić information content (AvgIpc) is 2.28. The maximum absolute atomic E-state index is 13.5. The molecule has 1 amide bonds. The molecule has 4 nitrogen and oxygen atoms in total. The fraction of sp³-hybridized carbons (Fsp3) is 0.333. The molecule has 0 aromatic heterocycles. The van der Waals surface area contributed by atoms with Crippen LogP contribution in [0, 0.1) is 5.82 Å². The molecule has 4 N–H and O–H groups in total. The van der Waals surface area contributed by atoms with E-state index in [0.717, 1.165) is 0 Å². The number of hydrogen-bond acceptors (Lipinski definition) is 3. The summed E-state index contributed by atoms with van der Waals surface area (Å²) in [6.07, 6.45) is 0.307. The molecule has 0 radical (unpaired) electrons. The zero-order valence-corrected chi connectivity index (χ0v) is 10.9. The molecule has 1 aromatic carbocycles. The van der Waals surface area contributed by atoms with Gasteiger partial charge in [-0.2, -0.15) is 0 Å². The summed E-state index contributed by atoms with van der Waals surface area (Å²) in [5, 5.41) is 5.63. The molecule has 0 heterocycles. The van der Waals surface area contributed by atoms with Gasteiger partial charge in [-0.1, -0.05) is 18.3 Å². The standard InChI is InChI=1S/C12H16FN3OS/c1-2-15-10(17)6-7-16-9-5-3-4-8(13)11(9)12(14)18/h3-5,16H,2,6-7H2,1H3,(H2,14,18)(H,15,17). The maximum Gasteiger partial charge on any atom is 0.221 e. The van der Waals surface area contributed by atoms with Crippen molar-refractivity contribution in [3.05, 3.63) is 29.6 Å². The van der Waals surface area contributed by atoms with Crippen LogP contribution in [0.25, 0.3) is 0 Å². The van der Waals surface area contributed by atoms with Gasteiger partial charge < -0.3 is 16.4 Å². The van der Waals surface area contributed by atoms with Crippen molar-refractivity contribution in [2.45, 2.75) is 13.3 Å². The van der Waals surface area contributed by atoms with Gasteiger partial charge in [0.05, 0.1) is 5.56 Å². The third-order valence-electron chi connectivity index (χ3n) is 2.30. The molecule has 18 heavy (non-hydrogen) atoms. The summed E-state index contributed by atoms with van der Waals surface area (Å²) in [6.45, 7) is 2.84. The SMILES string of the molecule is CCNC(=O)CCNc1cccc(F)c1C(N)=S. The van der Waals surface area contributed by atoms with E-state index in [2.05, 4.69) is 10.6 Å². The van der Waals surface area contributed by atoms with Crippen LogP contribution >= 0.6 is 12.2 Å². The van der Waals surface area contributed by atoms with Crippen molar-refractivity contribution < 1.29 is 9.18 Å². The highest BCUT2D eigenvalue weighted by Gasteiger charge is 2.10. The molecule has 0 atom stereocenters. The Kier molecular flexibility index (Phi) is 5.51. The summed E-state index contributed by atoms with van der Waals surface area (Å²) < 4.78 is 13.5. The van der Waals surface area contributed by atoms with Gasteiger partial charge in [0, 0.05) is 25.2 Å². The number of nitrogens with two attached hydrogens (primary N) is 1. The van der Waals surface area contributed by atoms with Crippen LogP contribution in [0.1, 0.15) is 18.9 Å².